The van der Waals surface area contributed by atoms with Crippen molar-refractivity contribution in [3.63, 3.8) is 0 Å². The minimum Gasteiger partial charge on any atom is -0.399 e. The van der Waals surface area contributed by atoms with Crippen molar-refractivity contribution in [2.45, 2.75) is 45.3 Å². The van der Waals surface area contributed by atoms with Crippen LogP contribution in [0.5, 0.6) is 0 Å². The largest absolute Gasteiger partial charge is 0.494 e. The summed E-state index contributed by atoms with van der Waals surface area (Å²) in [5.74, 6) is 0. The van der Waals surface area contributed by atoms with E-state index in [-0.39, 0.29) is 18.3 Å². The van der Waals surface area contributed by atoms with Gasteiger partial charge in [0.1, 0.15) is 0 Å². The minimum absolute atomic E-state index is 0.354. The Bertz CT molecular complexity index is 1630. The average Bonchev–Trinajstić information content (AvgIpc) is 3.30. The molecule has 5 aromatic carbocycles. The van der Waals surface area contributed by atoms with E-state index in [1.807, 2.05) is 0 Å². The van der Waals surface area contributed by atoms with Gasteiger partial charge in [0.2, 0.25) is 0 Å². The van der Waals surface area contributed by atoms with E-state index in [1.54, 1.807) is 0 Å². The molecule has 5 aromatic rings. The van der Waals surface area contributed by atoms with Crippen LogP contribution < -0.4 is 5.46 Å². The zero-order valence-electron chi connectivity index (χ0n) is 20.1. The molecule has 0 unspecified atom stereocenters. The third kappa shape index (κ3) is 2.71. The molecule has 0 bridgehead atoms. The Labute approximate surface area is 200 Å². The van der Waals surface area contributed by atoms with Crippen molar-refractivity contribution >= 4 is 44.9 Å². The lowest BCUT2D eigenvalue weighted by Crippen LogP contribution is -2.41. The molecule has 2 nitrogen and oxygen atoms in total. The van der Waals surface area contributed by atoms with Crippen LogP contribution in [-0.2, 0) is 15.7 Å². The highest BCUT2D eigenvalue weighted by molar-refractivity contribution is 6.62. The predicted molar refractivity (Wildman–Crippen MR) is 143 cm³/mol. The molecular formula is C31H27BO2. The molecule has 0 spiro atoms. The van der Waals surface area contributed by atoms with Gasteiger partial charge in [0.05, 0.1) is 11.2 Å². The summed E-state index contributed by atoms with van der Waals surface area (Å²) < 4.78 is 12.7. The fraction of sp³-hybridized carbons (Fsp3) is 0.226. The van der Waals surface area contributed by atoms with Crippen LogP contribution in [0.3, 0.4) is 0 Å². The molecule has 1 saturated heterocycles. The topological polar surface area (TPSA) is 18.5 Å². The van der Waals surface area contributed by atoms with E-state index in [0.29, 0.717) is 0 Å². The van der Waals surface area contributed by atoms with E-state index in [0.717, 1.165) is 11.9 Å². The van der Waals surface area contributed by atoms with Crippen LogP contribution in [-0.4, -0.2) is 18.3 Å². The van der Waals surface area contributed by atoms with Crippen LogP contribution in [0.15, 0.2) is 78.9 Å². The van der Waals surface area contributed by atoms with Gasteiger partial charge in [0.25, 0.3) is 0 Å². The summed E-state index contributed by atoms with van der Waals surface area (Å²) in [6, 6.07) is 29.2. The highest BCUT2D eigenvalue weighted by atomic mass is 16.7. The first-order valence-corrected chi connectivity index (χ1v) is 12.2. The Morgan fingerprint density at radius 1 is 0.559 bits per heavy atom. The lowest BCUT2D eigenvalue weighted by Gasteiger charge is -2.32. The molecule has 34 heavy (non-hydrogen) atoms. The Balaban J connectivity index is 1.49. The summed E-state index contributed by atoms with van der Waals surface area (Å²) in [4.78, 5) is 0. The molecule has 0 amide bonds. The molecule has 166 valence electrons. The van der Waals surface area contributed by atoms with Crippen LogP contribution >= 0.6 is 0 Å². The zero-order chi connectivity index (χ0) is 23.2. The summed E-state index contributed by atoms with van der Waals surface area (Å²) in [7, 11) is -0.363. The van der Waals surface area contributed by atoms with Gasteiger partial charge in [-0.05, 0) is 106 Å². The van der Waals surface area contributed by atoms with E-state index in [4.69, 9.17) is 9.31 Å². The van der Waals surface area contributed by atoms with Crippen molar-refractivity contribution in [2.24, 2.45) is 0 Å². The van der Waals surface area contributed by atoms with Crippen LogP contribution in [0.2, 0.25) is 0 Å². The third-order valence-corrected chi connectivity index (χ3v) is 8.30. The lowest BCUT2D eigenvalue weighted by atomic mass is 9.77. The van der Waals surface area contributed by atoms with Crippen LogP contribution in [0.25, 0.3) is 43.4 Å². The molecule has 7 rings (SSSR count). The zero-order valence-corrected chi connectivity index (χ0v) is 20.1. The van der Waals surface area contributed by atoms with Gasteiger partial charge in [-0.2, -0.15) is 0 Å². The average molecular weight is 442 g/mol. The Morgan fingerprint density at radius 2 is 1.15 bits per heavy atom. The first kappa shape index (κ1) is 20.3. The maximum atomic E-state index is 6.37. The van der Waals surface area contributed by atoms with Crippen molar-refractivity contribution < 1.29 is 9.31 Å². The van der Waals surface area contributed by atoms with Crippen LogP contribution in [0, 0.1) is 0 Å². The number of hydrogen-bond acceptors (Lipinski definition) is 2. The second-order valence-corrected chi connectivity index (χ2v) is 10.8. The SMILES string of the molecule is CC1(C)OB(c2ccc3c(c2)c2ccccc2c2cc4c(cc32)Cc2ccccc2-4)OC1(C)C. The highest BCUT2D eigenvalue weighted by Gasteiger charge is 2.51. The molecule has 0 radical (unpaired) electrons. The number of rotatable bonds is 1. The molecule has 1 aliphatic carbocycles. The van der Waals surface area contributed by atoms with E-state index in [9.17, 15) is 0 Å². The second kappa shape index (κ2) is 6.72. The summed E-state index contributed by atoms with van der Waals surface area (Å²) in [6.07, 6.45) is 1.00. The summed E-state index contributed by atoms with van der Waals surface area (Å²) in [5.41, 5.74) is 5.96. The monoisotopic (exact) mass is 442 g/mol. The maximum absolute atomic E-state index is 6.37. The molecule has 2 aliphatic rings. The van der Waals surface area contributed by atoms with Crippen LogP contribution in [0.4, 0.5) is 0 Å². The molecule has 3 heteroatoms. The van der Waals surface area contributed by atoms with Gasteiger partial charge in [0.15, 0.2) is 0 Å². The molecule has 1 fully saturated rings. The van der Waals surface area contributed by atoms with E-state index < -0.39 is 0 Å². The van der Waals surface area contributed by atoms with Crippen molar-refractivity contribution in [3.05, 3.63) is 90.0 Å². The quantitative estimate of drug-likeness (QED) is 0.201. The van der Waals surface area contributed by atoms with Gasteiger partial charge in [-0.25, -0.2) is 0 Å². The van der Waals surface area contributed by atoms with Crippen molar-refractivity contribution in [2.75, 3.05) is 0 Å². The first-order valence-electron chi connectivity index (χ1n) is 12.2. The number of benzene rings is 5. The van der Waals surface area contributed by atoms with Gasteiger partial charge in [-0.3, -0.25) is 0 Å². The predicted octanol–water partition coefficient (Wildman–Crippen LogP) is 7.02. The second-order valence-electron chi connectivity index (χ2n) is 10.8. The standard InChI is InChI=1S/C31H27BO2/c1-30(2)31(3,4)34-32(33-30)21-13-14-25-27-16-20-15-19-9-5-6-10-22(19)26(20)18-29(27)24-12-8-7-11-23(24)28(25)17-21/h5-14,16-18H,15H2,1-4H3. The van der Waals surface area contributed by atoms with Gasteiger partial charge < -0.3 is 9.31 Å². The van der Waals surface area contributed by atoms with E-state index in [2.05, 4.69) is 107 Å². The molecule has 0 N–H and O–H groups in total. The van der Waals surface area contributed by atoms with Gasteiger partial charge in [-0.15, -0.1) is 0 Å². The minimum atomic E-state index is -0.363. The Kier molecular flexibility index (Phi) is 4.00. The normalized spacial score (nSPS) is 18.1. The van der Waals surface area contributed by atoms with Crippen molar-refractivity contribution in [1.82, 2.24) is 0 Å². The van der Waals surface area contributed by atoms with Gasteiger partial charge >= 0.3 is 7.12 Å². The lowest BCUT2D eigenvalue weighted by molar-refractivity contribution is 0.00578. The number of hydrogen-bond donors (Lipinski definition) is 0. The van der Waals surface area contributed by atoms with E-state index in [1.165, 1.54) is 54.6 Å². The number of fused-ring (bicyclic) bond motifs is 9. The van der Waals surface area contributed by atoms with E-state index >= 15 is 0 Å². The first-order chi connectivity index (χ1) is 16.3. The molecular weight excluding hydrogens is 415 g/mol. The fourth-order valence-corrected chi connectivity index (χ4v) is 5.73. The van der Waals surface area contributed by atoms with Gasteiger partial charge in [0, 0.05) is 0 Å². The molecule has 1 heterocycles. The summed E-state index contributed by atoms with van der Waals surface area (Å²) >= 11 is 0. The maximum Gasteiger partial charge on any atom is 0.494 e. The third-order valence-electron chi connectivity index (χ3n) is 8.30. The summed E-state index contributed by atoms with van der Waals surface area (Å²) in [6.45, 7) is 8.43. The molecule has 0 atom stereocenters. The Hall–Kier alpha value is -3.14. The molecule has 1 aliphatic heterocycles. The van der Waals surface area contributed by atoms with Gasteiger partial charge in [-0.1, -0.05) is 66.7 Å². The molecule has 0 aromatic heterocycles. The van der Waals surface area contributed by atoms with Crippen molar-refractivity contribution in [3.8, 4) is 11.1 Å². The molecule has 0 saturated carbocycles. The smallest absolute Gasteiger partial charge is 0.399 e. The Morgan fingerprint density at radius 3 is 1.88 bits per heavy atom. The van der Waals surface area contributed by atoms with Crippen molar-refractivity contribution in [1.29, 1.82) is 0 Å². The fourth-order valence-electron chi connectivity index (χ4n) is 5.73. The highest BCUT2D eigenvalue weighted by Crippen LogP contribution is 2.43. The van der Waals surface area contributed by atoms with Crippen LogP contribution in [0.1, 0.15) is 38.8 Å². The summed E-state index contributed by atoms with van der Waals surface area (Å²) in [5, 5.41) is 7.75.